The number of benzene rings is 2. The minimum atomic E-state index is -0.896. The van der Waals surface area contributed by atoms with Gasteiger partial charge in [0.05, 0.1) is 5.92 Å². The number of fused-ring (bicyclic) bond motifs is 3. The van der Waals surface area contributed by atoms with Crippen LogP contribution in [0.15, 0.2) is 48.5 Å². The molecule has 4 rings (SSSR count). The number of ether oxygens (including phenoxy) is 1. The predicted molar refractivity (Wildman–Crippen MR) is 133 cm³/mol. The second-order valence-electron chi connectivity index (χ2n) is 10.6. The Morgan fingerprint density at radius 2 is 1.54 bits per heavy atom. The third-order valence-electron chi connectivity index (χ3n) is 7.14. The number of carboxylic acids is 1. The molecule has 0 unspecified atom stereocenters. The lowest BCUT2D eigenvalue weighted by Crippen LogP contribution is -2.57. The molecule has 7 nitrogen and oxygen atoms in total. The third-order valence-corrected chi connectivity index (χ3v) is 7.14. The van der Waals surface area contributed by atoms with E-state index in [-0.39, 0.29) is 18.4 Å². The van der Waals surface area contributed by atoms with E-state index in [0.717, 1.165) is 35.1 Å². The number of carbonyl (C=O) groups is 3. The molecule has 0 heterocycles. The van der Waals surface area contributed by atoms with Crippen molar-refractivity contribution in [3.63, 3.8) is 0 Å². The fourth-order valence-corrected chi connectivity index (χ4v) is 5.30. The molecule has 0 aromatic heterocycles. The maximum Gasteiger partial charge on any atom is 0.407 e. The van der Waals surface area contributed by atoms with Crippen molar-refractivity contribution < 1.29 is 24.2 Å². The molecule has 3 N–H and O–H groups in total. The van der Waals surface area contributed by atoms with Crippen LogP contribution in [-0.4, -0.2) is 41.8 Å². The molecule has 2 aromatic rings. The van der Waals surface area contributed by atoms with Gasteiger partial charge in [-0.15, -0.1) is 0 Å². The molecule has 186 valence electrons. The molecule has 2 aromatic carbocycles. The van der Waals surface area contributed by atoms with E-state index in [0.29, 0.717) is 12.8 Å². The van der Waals surface area contributed by atoms with E-state index in [9.17, 15) is 19.5 Å². The number of hydrogen-bond donors (Lipinski definition) is 3. The molecular formula is C28H34N2O5. The molecule has 0 aliphatic heterocycles. The van der Waals surface area contributed by atoms with Gasteiger partial charge in [0, 0.05) is 12.0 Å². The standard InChI is InChI=1S/C28H34N2O5/c1-28(2,3)24(25(31)29-23-15-9-8-14-21(23)26(32)33)30-27(34)35-16-22-19-12-6-4-10-17(19)18-11-5-7-13-20(18)22/h4-7,10-13,21-24H,8-9,14-16H2,1-3H3,(H,29,31)(H,30,34)(H,32,33)/t21-,23+,24+/m0/s1. The van der Waals surface area contributed by atoms with Gasteiger partial charge in [0.15, 0.2) is 0 Å². The Morgan fingerprint density at radius 1 is 0.971 bits per heavy atom. The quantitative estimate of drug-likeness (QED) is 0.558. The van der Waals surface area contributed by atoms with Crippen LogP contribution in [0.2, 0.25) is 0 Å². The van der Waals surface area contributed by atoms with Gasteiger partial charge in [-0.3, -0.25) is 9.59 Å². The average molecular weight is 479 g/mol. The van der Waals surface area contributed by atoms with Crippen molar-refractivity contribution >= 4 is 18.0 Å². The Kier molecular flexibility index (Phi) is 7.15. The highest BCUT2D eigenvalue weighted by Gasteiger charge is 2.38. The zero-order valence-electron chi connectivity index (χ0n) is 20.5. The first-order chi connectivity index (χ1) is 16.7. The van der Waals surface area contributed by atoms with E-state index in [1.54, 1.807) is 0 Å². The summed E-state index contributed by atoms with van der Waals surface area (Å²) in [5.41, 5.74) is 3.92. The largest absolute Gasteiger partial charge is 0.481 e. The zero-order chi connectivity index (χ0) is 25.2. The van der Waals surface area contributed by atoms with Crippen LogP contribution in [-0.2, 0) is 14.3 Å². The molecule has 0 saturated heterocycles. The van der Waals surface area contributed by atoms with E-state index in [1.165, 1.54) is 0 Å². The van der Waals surface area contributed by atoms with Gasteiger partial charge in [0.25, 0.3) is 0 Å². The lowest BCUT2D eigenvalue weighted by molar-refractivity contribution is -0.144. The number of alkyl carbamates (subject to hydrolysis) is 1. The van der Waals surface area contributed by atoms with Crippen LogP contribution < -0.4 is 10.6 Å². The number of amides is 2. The van der Waals surface area contributed by atoms with E-state index < -0.39 is 35.5 Å². The van der Waals surface area contributed by atoms with Crippen LogP contribution in [0.3, 0.4) is 0 Å². The maximum atomic E-state index is 13.2. The average Bonchev–Trinajstić information content (AvgIpc) is 3.14. The highest BCUT2D eigenvalue weighted by molar-refractivity contribution is 5.87. The molecule has 0 spiro atoms. The van der Waals surface area contributed by atoms with Crippen molar-refractivity contribution in [1.82, 2.24) is 10.6 Å². The minimum absolute atomic E-state index is 0.0753. The van der Waals surface area contributed by atoms with Gasteiger partial charge in [0.2, 0.25) is 5.91 Å². The molecule has 2 aliphatic rings. The van der Waals surface area contributed by atoms with Crippen LogP contribution in [0.1, 0.15) is 63.5 Å². The van der Waals surface area contributed by atoms with Crippen molar-refractivity contribution in [3.05, 3.63) is 59.7 Å². The Hall–Kier alpha value is -3.35. The number of carboxylic acid groups (broad SMARTS) is 1. The fourth-order valence-electron chi connectivity index (χ4n) is 5.30. The predicted octanol–water partition coefficient (Wildman–Crippen LogP) is 4.70. The molecule has 0 radical (unpaired) electrons. The summed E-state index contributed by atoms with van der Waals surface area (Å²) in [6, 6.07) is 14.9. The van der Waals surface area contributed by atoms with Gasteiger partial charge in [-0.25, -0.2) is 4.79 Å². The third kappa shape index (κ3) is 5.34. The van der Waals surface area contributed by atoms with Crippen LogP contribution in [0.25, 0.3) is 11.1 Å². The van der Waals surface area contributed by atoms with Gasteiger partial charge in [-0.2, -0.15) is 0 Å². The van der Waals surface area contributed by atoms with Crippen LogP contribution in [0.4, 0.5) is 4.79 Å². The molecule has 2 amide bonds. The summed E-state index contributed by atoms with van der Waals surface area (Å²) in [7, 11) is 0. The first-order valence-corrected chi connectivity index (χ1v) is 12.3. The summed E-state index contributed by atoms with van der Waals surface area (Å²) < 4.78 is 5.64. The summed E-state index contributed by atoms with van der Waals surface area (Å²) in [6.45, 7) is 5.73. The lowest BCUT2D eigenvalue weighted by Gasteiger charge is -2.34. The first kappa shape index (κ1) is 24.8. The zero-order valence-corrected chi connectivity index (χ0v) is 20.5. The van der Waals surface area contributed by atoms with Crippen molar-refractivity contribution in [1.29, 1.82) is 0 Å². The Bertz CT molecular complexity index is 1060. The van der Waals surface area contributed by atoms with Gasteiger partial charge < -0.3 is 20.5 Å². The monoisotopic (exact) mass is 478 g/mol. The SMILES string of the molecule is CC(C)(C)[C@H](NC(=O)OCC1c2ccccc2-c2ccccc21)C(=O)N[C@@H]1CCCC[C@@H]1C(=O)O. The first-order valence-electron chi connectivity index (χ1n) is 12.3. The van der Waals surface area contributed by atoms with Gasteiger partial charge in [-0.05, 0) is 40.5 Å². The fraction of sp³-hybridized carbons (Fsp3) is 0.464. The van der Waals surface area contributed by atoms with Crippen LogP contribution >= 0.6 is 0 Å². The van der Waals surface area contributed by atoms with E-state index in [2.05, 4.69) is 34.9 Å². The molecule has 3 atom stereocenters. The Balaban J connectivity index is 1.42. The maximum absolute atomic E-state index is 13.2. The van der Waals surface area contributed by atoms with Crippen molar-refractivity contribution in [2.45, 2.75) is 64.5 Å². The molecule has 1 fully saturated rings. The topological polar surface area (TPSA) is 105 Å². The minimum Gasteiger partial charge on any atom is -0.481 e. The number of nitrogens with one attached hydrogen (secondary N) is 2. The molecule has 7 heteroatoms. The summed E-state index contributed by atoms with van der Waals surface area (Å²) in [6.07, 6.45) is 2.20. The normalized spacial score (nSPS) is 20.3. The van der Waals surface area contributed by atoms with Crippen LogP contribution in [0, 0.1) is 11.3 Å². The molecule has 35 heavy (non-hydrogen) atoms. The highest BCUT2D eigenvalue weighted by atomic mass is 16.5. The Labute approximate surface area is 206 Å². The summed E-state index contributed by atoms with van der Waals surface area (Å²) in [4.78, 5) is 37.7. The summed E-state index contributed by atoms with van der Waals surface area (Å²) in [5, 5.41) is 15.2. The molecular weight excluding hydrogens is 444 g/mol. The van der Waals surface area contributed by atoms with Crippen molar-refractivity contribution in [3.8, 4) is 11.1 Å². The number of hydrogen-bond acceptors (Lipinski definition) is 4. The second kappa shape index (κ2) is 10.1. The molecule has 0 bridgehead atoms. The van der Waals surface area contributed by atoms with E-state index >= 15 is 0 Å². The van der Waals surface area contributed by atoms with Gasteiger partial charge >= 0.3 is 12.1 Å². The smallest absolute Gasteiger partial charge is 0.407 e. The van der Waals surface area contributed by atoms with Crippen molar-refractivity contribution in [2.75, 3.05) is 6.61 Å². The second-order valence-corrected chi connectivity index (χ2v) is 10.6. The number of carbonyl (C=O) groups excluding carboxylic acids is 2. The highest BCUT2D eigenvalue weighted by Crippen LogP contribution is 2.44. The molecule has 1 saturated carbocycles. The van der Waals surface area contributed by atoms with Gasteiger partial charge in [-0.1, -0.05) is 82.1 Å². The Morgan fingerprint density at radius 3 is 2.11 bits per heavy atom. The number of rotatable bonds is 6. The van der Waals surface area contributed by atoms with Gasteiger partial charge in [0.1, 0.15) is 12.6 Å². The lowest BCUT2D eigenvalue weighted by atomic mass is 9.82. The van der Waals surface area contributed by atoms with E-state index in [4.69, 9.17) is 4.74 Å². The van der Waals surface area contributed by atoms with E-state index in [1.807, 2.05) is 45.0 Å². The number of aliphatic carboxylic acids is 1. The summed E-state index contributed by atoms with van der Waals surface area (Å²) in [5.74, 6) is -1.97. The summed E-state index contributed by atoms with van der Waals surface area (Å²) >= 11 is 0. The van der Waals surface area contributed by atoms with Crippen LogP contribution in [0.5, 0.6) is 0 Å². The molecule has 2 aliphatic carbocycles. The van der Waals surface area contributed by atoms with Crippen molar-refractivity contribution in [2.24, 2.45) is 11.3 Å².